The van der Waals surface area contributed by atoms with Crippen LogP contribution in [-0.2, 0) is 6.42 Å². The Labute approximate surface area is 99.0 Å². The minimum absolute atomic E-state index is 0.263. The molecule has 3 nitrogen and oxygen atoms in total. The molecule has 0 aliphatic heterocycles. The van der Waals surface area contributed by atoms with Crippen LogP contribution < -0.4 is 5.73 Å². The van der Waals surface area contributed by atoms with Gasteiger partial charge in [0, 0.05) is 6.07 Å². The fraction of sp³-hybridized carbons (Fsp3) is 0.769. The zero-order valence-electron chi connectivity index (χ0n) is 11.2. The first kappa shape index (κ1) is 13.1. The quantitative estimate of drug-likeness (QED) is 0.850. The average molecular weight is 223 g/mol. The fourth-order valence-corrected chi connectivity index (χ4v) is 2.02. The maximum absolute atomic E-state index is 6.01. The molecule has 0 spiro atoms. The molecule has 0 unspecified atom stereocenters. The average Bonchev–Trinajstić information content (AvgIpc) is 2.46. The Morgan fingerprint density at radius 2 is 1.88 bits per heavy atom. The van der Waals surface area contributed by atoms with Gasteiger partial charge in [-0.25, -0.2) is 4.68 Å². The molecule has 16 heavy (non-hydrogen) atoms. The highest BCUT2D eigenvalue weighted by atomic mass is 15.3. The van der Waals surface area contributed by atoms with E-state index in [9.17, 15) is 0 Å². The number of rotatable bonds is 4. The lowest BCUT2D eigenvalue weighted by molar-refractivity contribution is 0.391. The number of hydrogen-bond acceptors (Lipinski definition) is 2. The molecule has 3 heteroatoms. The molecular weight excluding hydrogens is 198 g/mol. The third kappa shape index (κ3) is 3.26. The number of nitrogens with two attached hydrogens (primary N) is 1. The lowest BCUT2D eigenvalue weighted by atomic mass is 9.91. The molecule has 0 saturated carbocycles. The van der Waals surface area contributed by atoms with Gasteiger partial charge >= 0.3 is 0 Å². The second kappa shape index (κ2) is 4.89. The van der Waals surface area contributed by atoms with Crippen LogP contribution in [0, 0.1) is 5.41 Å². The maximum Gasteiger partial charge on any atom is 0.122 e. The molecule has 0 saturated heterocycles. The Balaban J connectivity index is 2.89. The van der Waals surface area contributed by atoms with Gasteiger partial charge in [0.05, 0.1) is 11.7 Å². The summed E-state index contributed by atoms with van der Waals surface area (Å²) in [5.74, 6) is 0.799. The van der Waals surface area contributed by atoms with E-state index in [-0.39, 0.29) is 5.41 Å². The summed E-state index contributed by atoms with van der Waals surface area (Å²) in [6, 6.07) is 2.46. The number of nitrogens with zero attached hydrogens (tertiary/aromatic N) is 2. The second-order valence-corrected chi connectivity index (χ2v) is 5.71. The lowest BCUT2D eigenvalue weighted by Crippen LogP contribution is -2.13. The predicted molar refractivity (Wildman–Crippen MR) is 69.4 cm³/mol. The van der Waals surface area contributed by atoms with Crippen molar-refractivity contribution in [2.45, 2.75) is 59.9 Å². The fourth-order valence-electron chi connectivity index (χ4n) is 2.02. The number of aromatic nitrogens is 2. The van der Waals surface area contributed by atoms with Crippen LogP contribution in [0.15, 0.2) is 6.07 Å². The monoisotopic (exact) mass is 223 g/mol. The van der Waals surface area contributed by atoms with Crippen LogP contribution in [0.3, 0.4) is 0 Å². The normalized spacial score (nSPS) is 12.4. The second-order valence-electron chi connectivity index (χ2n) is 5.71. The number of nitrogen functional groups attached to an aromatic ring is 1. The van der Waals surface area contributed by atoms with Gasteiger partial charge < -0.3 is 5.73 Å². The van der Waals surface area contributed by atoms with Crippen molar-refractivity contribution in [3.05, 3.63) is 11.8 Å². The van der Waals surface area contributed by atoms with Crippen molar-refractivity contribution in [3.8, 4) is 0 Å². The summed E-state index contributed by atoms with van der Waals surface area (Å²) in [5.41, 5.74) is 7.38. The van der Waals surface area contributed by atoms with Gasteiger partial charge in [0.2, 0.25) is 0 Å². The van der Waals surface area contributed by atoms with Crippen molar-refractivity contribution in [2.24, 2.45) is 5.41 Å². The van der Waals surface area contributed by atoms with Crippen molar-refractivity contribution in [1.82, 2.24) is 9.78 Å². The van der Waals surface area contributed by atoms with Crippen molar-refractivity contribution in [1.29, 1.82) is 0 Å². The Bertz CT molecular complexity index is 329. The summed E-state index contributed by atoms with van der Waals surface area (Å²) in [4.78, 5) is 0. The summed E-state index contributed by atoms with van der Waals surface area (Å²) >= 11 is 0. The van der Waals surface area contributed by atoms with Crippen molar-refractivity contribution in [3.63, 3.8) is 0 Å². The molecule has 0 fully saturated rings. The molecule has 2 N–H and O–H groups in total. The van der Waals surface area contributed by atoms with Crippen molar-refractivity contribution >= 4 is 5.82 Å². The maximum atomic E-state index is 6.01. The van der Waals surface area contributed by atoms with E-state index in [4.69, 9.17) is 5.73 Å². The highest BCUT2D eigenvalue weighted by Crippen LogP contribution is 2.24. The lowest BCUT2D eigenvalue weighted by Gasteiger charge is -2.16. The number of hydrogen-bond donors (Lipinski definition) is 1. The van der Waals surface area contributed by atoms with E-state index in [0.717, 1.165) is 30.8 Å². The van der Waals surface area contributed by atoms with E-state index in [0.29, 0.717) is 6.04 Å². The van der Waals surface area contributed by atoms with E-state index >= 15 is 0 Å². The molecule has 0 amide bonds. The van der Waals surface area contributed by atoms with Gasteiger partial charge in [0.1, 0.15) is 5.82 Å². The smallest absolute Gasteiger partial charge is 0.122 e. The zero-order valence-corrected chi connectivity index (χ0v) is 11.2. The molecule has 0 aliphatic carbocycles. The van der Waals surface area contributed by atoms with Crippen LogP contribution in [0.2, 0.25) is 0 Å². The summed E-state index contributed by atoms with van der Waals surface area (Å²) in [6.45, 7) is 11.0. The first-order chi connectivity index (χ1) is 7.37. The van der Waals surface area contributed by atoms with Crippen LogP contribution in [0.4, 0.5) is 5.82 Å². The van der Waals surface area contributed by atoms with Crippen LogP contribution in [0.25, 0.3) is 0 Å². The highest BCUT2D eigenvalue weighted by molar-refractivity contribution is 5.31. The molecule has 1 aromatic rings. The van der Waals surface area contributed by atoms with E-state index in [1.807, 2.05) is 10.7 Å². The Kier molecular flexibility index (Phi) is 4.00. The largest absolute Gasteiger partial charge is 0.384 e. The van der Waals surface area contributed by atoms with Crippen LogP contribution in [-0.4, -0.2) is 9.78 Å². The molecule has 1 aromatic heterocycles. The van der Waals surface area contributed by atoms with E-state index in [1.54, 1.807) is 0 Å². The molecule has 1 heterocycles. The third-order valence-corrected chi connectivity index (χ3v) is 2.82. The van der Waals surface area contributed by atoms with Crippen molar-refractivity contribution < 1.29 is 0 Å². The van der Waals surface area contributed by atoms with Gasteiger partial charge in [-0.15, -0.1) is 0 Å². The molecule has 0 aliphatic rings. The van der Waals surface area contributed by atoms with Gasteiger partial charge in [0.15, 0.2) is 0 Å². The van der Waals surface area contributed by atoms with Gasteiger partial charge in [0.25, 0.3) is 0 Å². The molecule has 0 radical (unpaired) electrons. The molecule has 0 aromatic carbocycles. The first-order valence-corrected chi connectivity index (χ1v) is 6.21. The molecule has 0 bridgehead atoms. The first-order valence-electron chi connectivity index (χ1n) is 6.21. The predicted octanol–water partition coefficient (Wildman–Crippen LogP) is 3.42. The molecule has 1 rings (SSSR count). The minimum Gasteiger partial charge on any atom is -0.384 e. The van der Waals surface area contributed by atoms with Crippen LogP contribution in [0.1, 0.15) is 59.2 Å². The van der Waals surface area contributed by atoms with Crippen molar-refractivity contribution in [2.75, 3.05) is 5.73 Å². The molecule has 0 atom stereocenters. The van der Waals surface area contributed by atoms with E-state index in [2.05, 4.69) is 39.7 Å². The number of anilines is 1. The zero-order chi connectivity index (χ0) is 12.3. The molecule has 92 valence electrons. The Morgan fingerprint density at radius 1 is 1.31 bits per heavy atom. The summed E-state index contributed by atoms with van der Waals surface area (Å²) in [6.07, 6.45) is 3.14. The summed E-state index contributed by atoms with van der Waals surface area (Å²) in [7, 11) is 0. The summed E-state index contributed by atoms with van der Waals surface area (Å²) in [5, 5.41) is 4.63. The minimum atomic E-state index is 0.263. The van der Waals surface area contributed by atoms with Gasteiger partial charge in [-0.05, 0) is 24.7 Å². The standard InChI is InChI=1S/C13H25N3/c1-6-11(7-2)16-12(14)8-10(15-16)9-13(3,4)5/h8,11H,6-7,9,14H2,1-5H3. The van der Waals surface area contributed by atoms with Gasteiger partial charge in [-0.2, -0.15) is 5.10 Å². The topological polar surface area (TPSA) is 43.8 Å². The Morgan fingerprint density at radius 3 is 2.31 bits per heavy atom. The van der Waals surface area contributed by atoms with E-state index < -0.39 is 0 Å². The van der Waals surface area contributed by atoms with E-state index in [1.165, 1.54) is 0 Å². The molecular formula is C13H25N3. The third-order valence-electron chi connectivity index (χ3n) is 2.82. The summed E-state index contributed by atoms with van der Waals surface area (Å²) < 4.78 is 1.99. The SMILES string of the molecule is CCC(CC)n1nc(CC(C)(C)C)cc1N. The van der Waals surface area contributed by atoms with Crippen LogP contribution in [0.5, 0.6) is 0 Å². The Hall–Kier alpha value is -0.990. The van der Waals surface area contributed by atoms with Gasteiger partial charge in [-0.1, -0.05) is 34.6 Å². The van der Waals surface area contributed by atoms with Crippen LogP contribution >= 0.6 is 0 Å². The highest BCUT2D eigenvalue weighted by Gasteiger charge is 2.17. The van der Waals surface area contributed by atoms with Gasteiger partial charge in [-0.3, -0.25) is 0 Å².